The maximum atomic E-state index is 11.7. The van der Waals surface area contributed by atoms with E-state index in [1.807, 2.05) is 6.08 Å². The van der Waals surface area contributed by atoms with Crippen molar-refractivity contribution < 1.29 is 14.3 Å². The van der Waals surface area contributed by atoms with Gasteiger partial charge in [0.05, 0.1) is 6.61 Å². The van der Waals surface area contributed by atoms with Gasteiger partial charge < -0.3 is 4.74 Å². The van der Waals surface area contributed by atoms with Crippen molar-refractivity contribution in [1.82, 2.24) is 0 Å². The second-order valence-corrected chi connectivity index (χ2v) is 3.64. The van der Waals surface area contributed by atoms with Crippen LogP contribution in [0.5, 0.6) is 0 Å². The number of carbonyl (C=O) groups excluding carboxylic acids is 2. The highest BCUT2D eigenvalue weighted by atomic mass is 16.5. The molecule has 0 N–H and O–H groups in total. The van der Waals surface area contributed by atoms with Crippen LogP contribution in [0, 0.1) is 5.41 Å². The fraction of sp³-hybridized carbons (Fsp3) is 0.636. The van der Waals surface area contributed by atoms with E-state index in [0.29, 0.717) is 13.0 Å². The third-order valence-electron chi connectivity index (χ3n) is 2.50. The lowest BCUT2D eigenvalue weighted by Crippen LogP contribution is -2.35. The Kier molecular flexibility index (Phi) is 3.44. The number of esters is 1. The van der Waals surface area contributed by atoms with Gasteiger partial charge in [-0.25, -0.2) is 0 Å². The smallest absolute Gasteiger partial charge is 0.323 e. The van der Waals surface area contributed by atoms with Crippen LogP contribution in [-0.4, -0.2) is 18.4 Å². The predicted molar refractivity (Wildman–Crippen MR) is 52.7 cm³/mol. The molecule has 0 amide bonds. The molecule has 78 valence electrons. The van der Waals surface area contributed by atoms with Gasteiger partial charge in [0.15, 0.2) is 5.78 Å². The van der Waals surface area contributed by atoms with E-state index in [4.69, 9.17) is 4.74 Å². The molecule has 1 rings (SSSR count). The lowest BCUT2D eigenvalue weighted by atomic mass is 9.84. The quantitative estimate of drug-likeness (QED) is 0.384. The van der Waals surface area contributed by atoms with E-state index in [1.54, 1.807) is 19.9 Å². The molecular weight excluding hydrogens is 180 g/mol. The average Bonchev–Trinajstić information content (AvgIpc) is 2.31. The number of carbonyl (C=O) groups is 2. The van der Waals surface area contributed by atoms with Crippen LogP contribution in [-0.2, 0) is 14.3 Å². The largest absolute Gasteiger partial charge is 0.465 e. The molecule has 0 aromatic heterocycles. The zero-order valence-corrected chi connectivity index (χ0v) is 8.71. The minimum atomic E-state index is -1.05. The summed E-state index contributed by atoms with van der Waals surface area (Å²) in [6.07, 6.45) is 5.72. The second kappa shape index (κ2) is 4.40. The molecule has 0 spiro atoms. The van der Waals surface area contributed by atoms with Crippen molar-refractivity contribution in [2.24, 2.45) is 5.41 Å². The summed E-state index contributed by atoms with van der Waals surface area (Å²) in [5.41, 5.74) is -1.05. The Bertz CT molecular complexity index is 268. The summed E-state index contributed by atoms with van der Waals surface area (Å²) in [5, 5.41) is 0. The van der Waals surface area contributed by atoms with Gasteiger partial charge >= 0.3 is 5.97 Å². The van der Waals surface area contributed by atoms with Crippen molar-refractivity contribution in [2.75, 3.05) is 6.61 Å². The number of rotatable bonds is 2. The van der Waals surface area contributed by atoms with Gasteiger partial charge in [-0.15, -0.1) is 0 Å². The highest BCUT2D eigenvalue weighted by Crippen LogP contribution is 2.27. The third-order valence-corrected chi connectivity index (χ3v) is 2.50. The zero-order valence-electron chi connectivity index (χ0n) is 8.71. The molecule has 0 bridgehead atoms. The van der Waals surface area contributed by atoms with Crippen LogP contribution in [0.15, 0.2) is 12.2 Å². The molecule has 14 heavy (non-hydrogen) atoms. The number of Topliss-reactive ketones (excluding diaryl/α,β-unsaturated/α-hetero) is 1. The number of hydrogen-bond acceptors (Lipinski definition) is 3. The van der Waals surface area contributed by atoms with Crippen molar-refractivity contribution in [3.05, 3.63) is 12.2 Å². The Morgan fingerprint density at radius 1 is 1.64 bits per heavy atom. The summed E-state index contributed by atoms with van der Waals surface area (Å²) in [7, 11) is 0. The normalized spacial score (nSPS) is 27.1. The number of ether oxygens (including phenoxy) is 1. The van der Waals surface area contributed by atoms with Gasteiger partial charge in [-0.1, -0.05) is 12.2 Å². The Hall–Kier alpha value is -1.12. The lowest BCUT2D eigenvalue weighted by Gasteiger charge is -2.20. The summed E-state index contributed by atoms with van der Waals surface area (Å²) in [6, 6.07) is 0. The van der Waals surface area contributed by atoms with Gasteiger partial charge in [-0.3, -0.25) is 9.59 Å². The van der Waals surface area contributed by atoms with Crippen molar-refractivity contribution in [1.29, 1.82) is 0 Å². The molecule has 0 radical (unpaired) electrons. The average molecular weight is 196 g/mol. The molecule has 0 aromatic carbocycles. The number of hydrogen-bond donors (Lipinski definition) is 0. The van der Waals surface area contributed by atoms with E-state index in [0.717, 1.165) is 12.8 Å². The Balaban J connectivity index is 2.87. The van der Waals surface area contributed by atoms with Gasteiger partial charge in [0.2, 0.25) is 0 Å². The van der Waals surface area contributed by atoms with Crippen LogP contribution in [0.2, 0.25) is 0 Å². The highest BCUT2D eigenvalue weighted by Gasteiger charge is 2.39. The fourth-order valence-electron chi connectivity index (χ4n) is 1.52. The number of allylic oxidation sites excluding steroid dienone is 1. The van der Waals surface area contributed by atoms with E-state index < -0.39 is 11.4 Å². The fourth-order valence-corrected chi connectivity index (χ4v) is 1.52. The van der Waals surface area contributed by atoms with Crippen molar-refractivity contribution in [2.45, 2.75) is 33.1 Å². The second-order valence-electron chi connectivity index (χ2n) is 3.64. The summed E-state index contributed by atoms with van der Waals surface area (Å²) in [4.78, 5) is 23.3. The molecule has 0 saturated heterocycles. The van der Waals surface area contributed by atoms with E-state index >= 15 is 0 Å². The summed E-state index contributed by atoms with van der Waals surface area (Å²) < 4.78 is 4.90. The Morgan fingerprint density at radius 3 is 3.00 bits per heavy atom. The first-order valence-corrected chi connectivity index (χ1v) is 4.99. The molecule has 1 unspecified atom stereocenters. The van der Waals surface area contributed by atoms with E-state index in [2.05, 4.69) is 0 Å². The van der Waals surface area contributed by atoms with Crippen LogP contribution in [0.4, 0.5) is 0 Å². The molecule has 3 nitrogen and oxygen atoms in total. The first-order chi connectivity index (χ1) is 6.61. The van der Waals surface area contributed by atoms with E-state index in [-0.39, 0.29) is 5.78 Å². The standard InChI is InChI=1S/C11H16O3/c1-3-14-10(13)11(2)8-6-4-5-7-9(11)12/h6,8H,3-5,7H2,1-2H3. The van der Waals surface area contributed by atoms with Crippen molar-refractivity contribution in [3.63, 3.8) is 0 Å². The molecule has 0 aliphatic heterocycles. The Labute approximate surface area is 84.1 Å². The molecule has 0 fully saturated rings. The van der Waals surface area contributed by atoms with Gasteiger partial charge in [-0.2, -0.15) is 0 Å². The number of ketones is 1. The molecule has 1 aliphatic rings. The van der Waals surface area contributed by atoms with Gasteiger partial charge in [0.1, 0.15) is 5.41 Å². The summed E-state index contributed by atoms with van der Waals surface area (Å²) in [5.74, 6) is -0.465. The van der Waals surface area contributed by atoms with Crippen LogP contribution < -0.4 is 0 Å². The SMILES string of the molecule is CCOC(=O)C1(C)C=CCCCC1=O. The molecule has 1 aliphatic carbocycles. The molecule has 0 aromatic rings. The molecule has 3 heteroatoms. The van der Waals surface area contributed by atoms with Crippen LogP contribution in [0.3, 0.4) is 0 Å². The first kappa shape index (κ1) is 11.0. The zero-order chi connectivity index (χ0) is 10.6. The van der Waals surface area contributed by atoms with E-state index in [9.17, 15) is 9.59 Å². The molecular formula is C11H16O3. The minimum absolute atomic E-state index is 0.0373. The molecule has 1 atom stereocenters. The minimum Gasteiger partial charge on any atom is -0.465 e. The van der Waals surface area contributed by atoms with Crippen LogP contribution in [0.1, 0.15) is 33.1 Å². The van der Waals surface area contributed by atoms with Gasteiger partial charge in [-0.05, 0) is 26.7 Å². The monoisotopic (exact) mass is 196 g/mol. The van der Waals surface area contributed by atoms with Crippen LogP contribution in [0.25, 0.3) is 0 Å². The Morgan fingerprint density at radius 2 is 2.36 bits per heavy atom. The highest BCUT2D eigenvalue weighted by molar-refractivity contribution is 6.05. The van der Waals surface area contributed by atoms with Crippen LogP contribution >= 0.6 is 0 Å². The van der Waals surface area contributed by atoms with Gasteiger partial charge in [0, 0.05) is 6.42 Å². The predicted octanol–water partition coefficient (Wildman–Crippen LogP) is 1.86. The first-order valence-electron chi connectivity index (χ1n) is 4.99. The molecule has 0 saturated carbocycles. The topological polar surface area (TPSA) is 43.4 Å². The maximum Gasteiger partial charge on any atom is 0.323 e. The summed E-state index contributed by atoms with van der Waals surface area (Å²) in [6.45, 7) is 3.69. The van der Waals surface area contributed by atoms with Crippen molar-refractivity contribution >= 4 is 11.8 Å². The van der Waals surface area contributed by atoms with E-state index in [1.165, 1.54) is 0 Å². The summed E-state index contributed by atoms with van der Waals surface area (Å²) >= 11 is 0. The van der Waals surface area contributed by atoms with Gasteiger partial charge in [0.25, 0.3) is 0 Å². The molecule has 0 heterocycles. The van der Waals surface area contributed by atoms with Crippen molar-refractivity contribution in [3.8, 4) is 0 Å². The third kappa shape index (κ3) is 2.03. The lowest BCUT2D eigenvalue weighted by molar-refractivity contribution is -0.155. The maximum absolute atomic E-state index is 11.7.